The fourth-order valence-corrected chi connectivity index (χ4v) is 1.35. The zero-order valence-corrected chi connectivity index (χ0v) is 9.92. The molecule has 14 heavy (non-hydrogen) atoms. The van der Waals surface area contributed by atoms with Crippen molar-refractivity contribution in [3.63, 3.8) is 0 Å². The minimum Gasteiger partial charge on any atom is -0.382 e. The van der Waals surface area contributed by atoms with Crippen molar-refractivity contribution in [2.24, 2.45) is 0 Å². The third-order valence-corrected chi connectivity index (χ3v) is 2.41. The first-order valence-corrected chi connectivity index (χ1v) is 5.43. The minimum atomic E-state index is 0.667. The molecule has 0 aromatic heterocycles. The summed E-state index contributed by atoms with van der Waals surface area (Å²) < 4.78 is 11.4. The lowest BCUT2D eigenvalue weighted by atomic mass is 10.2. The van der Waals surface area contributed by atoms with Crippen LogP contribution in [0.3, 0.4) is 0 Å². The number of ether oxygens (including phenoxy) is 2. The van der Waals surface area contributed by atoms with Crippen LogP contribution in [0, 0.1) is 0 Å². The van der Waals surface area contributed by atoms with E-state index < -0.39 is 0 Å². The van der Waals surface area contributed by atoms with Crippen molar-refractivity contribution in [2.45, 2.75) is 6.42 Å². The third kappa shape index (κ3) is 4.74. The molecule has 0 radical (unpaired) electrons. The molecule has 2 nitrogen and oxygen atoms in total. The van der Waals surface area contributed by atoms with Crippen LogP contribution in [0.1, 0.15) is 5.56 Å². The molecule has 1 aromatic rings. The molecule has 0 atom stereocenters. The van der Waals surface area contributed by atoms with Gasteiger partial charge in [0.15, 0.2) is 0 Å². The number of hydrogen-bond donors (Lipinski definition) is 0. The number of halogens is 1. The van der Waals surface area contributed by atoms with Crippen LogP contribution in [0.2, 0.25) is 0 Å². The number of methoxy groups -OCH3 is 1. The summed E-state index contributed by atoms with van der Waals surface area (Å²) in [4.78, 5) is 0. The first-order valence-electron chi connectivity index (χ1n) is 4.64. The second-order valence-corrected chi connectivity index (χ2v) is 3.90. The van der Waals surface area contributed by atoms with Gasteiger partial charge in [-0.25, -0.2) is 0 Å². The zero-order valence-electron chi connectivity index (χ0n) is 8.33. The van der Waals surface area contributed by atoms with Gasteiger partial charge in [-0.2, -0.15) is 0 Å². The molecule has 0 N–H and O–H groups in total. The molecule has 0 saturated carbocycles. The molecule has 1 rings (SSSR count). The van der Waals surface area contributed by atoms with E-state index in [1.54, 1.807) is 7.11 Å². The van der Waals surface area contributed by atoms with Gasteiger partial charge in [-0.05, 0) is 24.1 Å². The van der Waals surface area contributed by atoms with Crippen molar-refractivity contribution in [1.82, 2.24) is 0 Å². The Morgan fingerprint density at radius 1 is 1.07 bits per heavy atom. The van der Waals surface area contributed by atoms with Crippen molar-refractivity contribution >= 4 is 15.9 Å². The lowest BCUT2D eigenvalue weighted by molar-refractivity contribution is 0.0722. The van der Waals surface area contributed by atoms with E-state index in [9.17, 15) is 0 Å². The van der Waals surface area contributed by atoms with E-state index in [0.29, 0.717) is 13.2 Å². The summed E-state index contributed by atoms with van der Waals surface area (Å²) in [5.74, 6) is 0. The molecular formula is C11H15BrO2. The van der Waals surface area contributed by atoms with Gasteiger partial charge < -0.3 is 9.47 Å². The van der Waals surface area contributed by atoms with Gasteiger partial charge in [0.1, 0.15) is 0 Å². The van der Waals surface area contributed by atoms with Crippen LogP contribution in [0.25, 0.3) is 0 Å². The van der Waals surface area contributed by atoms with Crippen LogP contribution in [0.4, 0.5) is 0 Å². The van der Waals surface area contributed by atoms with Crippen molar-refractivity contribution in [1.29, 1.82) is 0 Å². The van der Waals surface area contributed by atoms with Crippen LogP contribution >= 0.6 is 15.9 Å². The van der Waals surface area contributed by atoms with E-state index in [4.69, 9.17) is 9.47 Å². The van der Waals surface area contributed by atoms with E-state index in [-0.39, 0.29) is 0 Å². The Kier molecular flexibility index (Phi) is 5.83. The van der Waals surface area contributed by atoms with E-state index in [0.717, 1.165) is 17.5 Å². The monoisotopic (exact) mass is 258 g/mol. The maximum Gasteiger partial charge on any atom is 0.0700 e. The Morgan fingerprint density at radius 2 is 1.79 bits per heavy atom. The fraction of sp³-hybridized carbons (Fsp3) is 0.455. The zero-order chi connectivity index (χ0) is 10.2. The van der Waals surface area contributed by atoms with Gasteiger partial charge in [-0.3, -0.25) is 0 Å². The highest BCUT2D eigenvalue weighted by Crippen LogP contribution is 2.10. The maximum atomic E-state index is 5.37. The molecule has 0 fully saturated rings. The Balaban J connectivity index is 2.15. The van der Waals surface area contributed by atoms with E-state index in [1.165, 1.54) is 5.56 Å². The molecule has 0 unspecified atom stereocenters. The first kappa shape index (κ1) is 11.7. The summed E-state index contributed by atoms with van der Waals surface area (Å²) in [6.45, 7) is 2.10. The Morgan fingerprint density at radius 3 is 2.43 bits per heavy atom. The predicted molar refractivity (Wildman–Crippen MR) is 60.5 cm³/mol. The molecule has 0 saturated heterocycles. The summed E-state index contributed by atoms with van der Waals surface area (Å²) in [5.41, 5.74) is 1.30. The summed E-state index contributed by atoms with van der Waals surface area (Å²) in [5, 5.41) is 0. The van der Waals surface area contributed by atoms with E-state index >= 15 is 0 Å². The molecule has 0 bridgehead atoms. The molecule has 0 spiro atoms. The van der Waals surface area contributed by atoms with Crippen molar-refractivity contribution in [2.75, 3.05) is 26.9 Å². The van der Waals surface area contributed by atoms with Crippen LogP contribution in [-0.4, -0.2) is 26.9 Å². The summed E-state index contributed by atoms with van der Waals surface area (Å²) in [6, 6.07) is 8.29. The molecule has 0 aliphatic heterocycles. The van der Waals surface area contributed by atoms with Crippen LogP contribution in [-0.2, 0) is 15.9 Å². The van der Waals surface area contributed by atoms with Gasteiger partial charge in [-0.15, -0.1) is 0 Å². The quantitative estimate of drug-likeness (QED) is 0.731. The average molecular weight is 259 g/mol. The Labute approximate surface area is 93.4 Å². The first-order chi connectivity index (χ1) is 6.83. The SMILES string of the molecule is COCCOCCc1ccc(Br)cc1. The lowest BCUT2D eigenvalue weighted by Gasteiger charge is -2.03. The van der Waals surface area contributed by atoms with Gasteiger partial charge in [-0.1, -0.05) is 28.1 Å². The lowest BCUT2D eigenvalue weighted by Crippen LogP contribution is -2.04. The topological polar surface area (TPSA) is 18.5 Å². The second kappa shape index (κ2) is 6.98. The molecule has 1 aromatic carbocycles. The number of benzene rings is 1. The standard InChI is InChI=1S/C11H15BrO2/c1-13-8-9-14-7-6-10-2-4-11(12)5-3-10/h2-5H,6-9H2,1H3. The fourth-order valence-electron chi connectivity index (χ4n) is 1.09. The van der Waals surface area contributed by atoms with Crippen LogP contribution < -0.4 is 0 Å². The molecule has 3 heteroatoms. The minimum absolute atomic E-state index is 0.667. The Hall–Kier alpha value is -0.380. The van der Waals surface area contributed by atoms with E-state index in [2.05, 4.69) is 28.1 Å². The normalized spacial score (nSPS) is 10.4. The highest BCUT2D eigenvalue weighted by molar-refractivity contribution is 9.10. The summed E-state index contributed by atoms with van der Waals surface area (Å²) >= 11 is 3.40. The summed E-state index contributed by atoms with van der Waals surface area (Å²) in [7, 11) is 1.68. The Bertz CT molecular complexity index is 246. The smallest absolute Gasteiger partial charge is 0.0700 e. The van der Waals surface area contributed by atoms with E-state index in [1.807, 2.05) is 12.1 Å². The van der Waals surface area contributed by atoms with Gasteiger partial charge in [0, 0.05) is 11.6 Å². The molecular weight excluding hydrogens is 244 g/mol. The molecule has 0 aliphatic rings. The van der Waals surface area contributed by atoms with Gasteiger partial charge >= 0.3 is 0 Å². The van der Waals surface area contributed by atoms with Crippen LogP contribution in [0.15, 0.2) is 28.7 Å². The second-order valence-electron chi connectivity index (χ2n) is 2.98. The largest absolute Gasteiger partial charge is 0.382 e. The van der Waals surface area contributed by atoms with Gasteiger partial charge in [0.2, 0.25) is 0 Å². The third-order valence-electron chi connectivity index (χ3n) is 1.88. The highest BCUT2D eigenvalue weighted by atomic mass is 79.9. The predicted octanol–water partition coefficient (Wildman–Crippen LogP) is 2.65. The van der Waals surface area contributed by atoms with Crippen molar-refractivity contribution in [3.05, 3.63) is 34.3 Å². The molecule has 0 aliphatic carbocycles. The number of rotatable bonds is 6. The van der Waals surface area contributed by atoms with Crippen LogP contribution in [0.5, 0.6) is 0 Å². The van der Waals surface area contributed by atoms with Crippen molar-refractivity contribution in [3.8, 4) is 0 Å². The maximum absolute atomic E-state index is 5.37. The highest BCUT2D eigenvalue weighted by Gasteiger charge is 1.93. The van der Waals surface area contributed by atoms with Gasteiger partial charge in [0.05, 0.1) is 19.8 Å². The van der Waals surface area contributed by atoms with Crippen molar-refractivity contribution < 1.29 is 9.47 Å². The molecule has 0 heterocycles. The number of hydrogen-bond acceptors (Lipinski definition) is 2. The molecule has 0 amide bonds. The average Bonchev–Trinajstić information content (AvgIpc) is 2.21. The summed E-state index contributed by atoms with van der Waals surface area (Å²) in [6.07, 6.45) is 0.955. The molecule has 78 valence electrons. The van der Waals surface area contributed by atoms with Gasteiger partial charge in [0.25, 0.3) is 0 Å².